The Labute approximate surface area is 166 Å². The second kappa shape index (κ2) is 8.19. The molecule has 0 aromatic heterocycles. The first-order chi connectivity index (χ1) is 13.7. The summed E-state index contributed by atoms with van der Waals surface area (Å²) in [5.41, 5.74) is 2.46. The summed E-state index contributed by atoms with van der Waals surface area (Å²) in [5, 5.41) is 3.02. The third-order valence-electron chi connectivity index (χ3n) is 5.88. The molecule has 1 fully saturated rings. The smallest absolute Gasteiger partial charge is 0.322 e. The number of hydrogen-bond acceptors (Lipinski definition) is 3. The van der Waals surface area contributed by atoms with Crippen molar-refractivity contribution in [1.29, 1.82) is 0 Å². The van der Waals surface area contributed by atoms with Gasteiger partial charge < -0.3 is 15.1 Å². The first-order valence-corrected chi connectivity index (χ1v) is 10.2. The first kappa shape index (κ1) is 18.7. The molecule has 0 aliphatic carbocycles. The predicted octanol–water partition coefficient (Wildman–Crippen LogP) is 2.52. The fourth-order valence-corrected chi connectivity index (χ4v) is 4.39. The van der Waals surface area contributed by atoms with Gasteiger partial charge in [0.2, 0.25) is 0 Å². The van der Waals surface area contributed by atoms with Crippen molar-refractivity contribution < 1.29 is 9.59 Å². The van der Waals surface area contributed by atoms with Crippen molar-refractivity contribution in [3.8, 4) is 0 Å². The molecule has 1 saturated heterocycles. The molecule has 3 heterocycles. The van der Waals surface area contributed by atoms with Crippen LogP contribution in [0.4, 0.5) is 4.79 Å². The summed E-state index contributed by atoms with van der Waals surface area (Å²) >= 11 is 0. The van der Waals surface area contributed by atoms with E-state index in [0.717, 1.165) is 30.9 Å². The Morgan fingerprint density at radius 2 is 1.82 bits per heavy atom. The molecule has 148 valence electrons. The molecule has 28 heavy (non-hydrogen) atoms. The number of urea groups is 1. The monoisotopic (exact) mass is 380 g/mol. The van der Waals surface area contributed by atoms with Gasteiger partial charge in [-0.15, -0.1) is 6.58 Å². The molecular formula is C22H28N4O2. The third kappa shape index (κ3) is 3.56. The minimum atomic E-state index is -0.391. The number of rotatable bonds is 6. The number of nitrogens with one attached hydrogen (secondary N) is 1. The molecule has 1 aromatic rings. The molecule has 3 amide bonds. The molecule has 4 rings (SSSR count). The van der Waals surface area contributed by atoms with E-state index in [1.807, 2.05) is 35.2 Å². The van der Waals surface area contributed by atoms with Gasteiger partial charge in [0, 0.05) is 19.6 Å². The lowest BCUT2D eigenvalue weighted by molar-refractivity contribution is -0.126. The van der Waals surface area contributed by atoms with Crippen LogP contribution in [-0.4, -0.2) is 65.9 Å². The first-order valence-electron chi connectivity index (χ1n) is 10.2. The average molecular weight is 380 g/mol. The Kier molecular flexibility index (Phi) is 5.48. The van der Waals surface area contributed by atoms with Gasteiger partial charge in [0.15, 0.2) is 0 Å². The van der Waals surface area contributed by atoms with E-state index in [1.165, 1.54) is 19.3 Å². The van der Waals surface area contributed by atoms with Gasteiger partial charge >= 0.3 is 6.03 Å². The van der Waals surface area contributed by atoms with Crippen LogP contribution in [0, 0.1) is 0 Å². The molecular weight excluding hydrogens is 352 g/mol. The second-order valence-electron chi connectivity index (χ2n) is 7.68. The molecule has 1 unspecified atom stereocenters. The summed E-state index contributed by atoms with van der Waals surface area (Å²) in [7, 11) is 0. The van der Waals surface area contributed by atoms with Crippen LogP contribution in [0.2, 0.25) is 0 Å². The molecule has 1 atom stereocenters. The van der Waals surface area contributed by atoms with Gasteiger partial charge in [-0.3, -0.25) is 9.69 Å². The standard InChI is InChI=1S/C22H28N4O2/c1-2-11-26-18-16-25(15-14-24-12-7-4-8-13-24)21(27)19(18)20(23-22(26)28)17-9-5-3-6-10-17/h2-3,5-6,9-10,20H,1,4,7-8,11-16H2,(H,23,28). The van der Waals surface area contributed by atoms with E-state index in [2.05, 4.69) is 16.8 Å². The van der Waals surface area contributed by atoms with E-state index >= 15 is 0 Å². The number of piperidine rings is 1. The number of carbonyl (C=O) groups is 2. The zero-order chi connectivity index (χ0) is 19.5. The minimum absolute atomic E-state index is 0.0370. The summed E-state index contributed by atoms with van der Waals surface area (Å²) < 4.78 is 0. The van der Waals surface area contributed by atoms with Crippen LogP contribution in [0.1, 0.15) is 30.9 Å². The SMILES string of the molecule is C=CCN1C(=O)NC(c2ccccc2)C2=C1CN(CCN1CCCCC1)C2=O. The van der Waals surface area contributed by atoms with E-state index in [-0.39, 0.29) is 11.9 Å². The largest absolute Gasteiger partial charge is 0.332 e. The van der Waals surface area contributed by atoms with Crippen LogP contribution in [-0.2, 0) is 4.79 Å². The van der Waals surface area contributed by atoms with Gasteiger partial charge in [-0.2, -0.15) is 0 Å². The molecule has 1 N–H and O–H groups in total. The lowest BCUT2D eigenvalue weighted by atomic mass is 9.95. The van der Waals surface area contributed by atoms with Crippen molar-refractivity contribution >= 4 is 11.9 Å². The van der Waals surface area contributed by atoms with Crippen LogP contribution < -0.4 is 5.32 Å². The number of carbonyl (C=O) groups excluding carboxylic acids is 2. The zero-order valence-electron chi connectivity index (χ0n) is 16.3. The topological polar surface area (TPSA) is 55.9 Å². The normalized spacial score (nSPS) is 23.1. The molecule has 0 spiro atoms. The highest BCUT2D eigenvalue weighted by Gasteiger charge is 2.43. The van der Waals surface area contributed by atoms with Gasteiger partial charge in [-0.25, -0.2) is 4.79 Å². The molecule has 3 aliphatic heterocycles. The summed E-state index contributed by atoms with van der Waals surface area (Å²) in [4.78, 5) is 32.0. The van der Waals surface area contributed by atoms with Crippen molar-refractivity contribution in [3.63, 3.8) is 0 Å². The van der Waals surface area contributed by atoms with Gasteiger partial charge in [0.1, 0.15) is 0 Å². The lowest BCUT2D eigenvalue weighted by Gasteiger charge is -2.33. The number of likely N-dealkylation sites (tertiary alicyclic amines) is 1. The Morgan fingerprint density at radius 3 is 2.54 bits per heavy atom. The maximum atomic E-state index is 13.3. The molecule has 0 radical (unpaired) electrons. The maximum Gasteiger partial charge on any atom is 0.322 e. The van der Waals surface area contributed by atoms with Gasteiger partial charge in [0.25, 0.3) is 5.91 Å². The Bertz CT molecular complexity index is 783. The van der Waals surface area contributed by atoms with Crippen LogP contribution in [0.15, 0.2) is 54.3 Å². The summed E-state index contributed by atoms with van der Waals surface area (Å²) in [6.07, 6.45) is 5.49. The fourth-order valence-electron chi connectivity index (χ4n) is 4.39. The van der Waals surface area contributed by atoms with Crippen LogP contribution in [0.3, 0.4) is 0 Å². The maximum absolute atomic E-state index is 13.3. The molecule has 6 heteroatoms. The molecule has 1 aromatic carbocycles. The molecule has 0 bridgehead atoms. The lowest BCUT2D eigenvalue weighted by Crippen LogP contribution is -2.47. The number of hydrogen-bond donors (Lipinski definition) is 1. The van der Waals surface area contributed by atoms with E-state index in [0.29, 0.717) is 25.2 Å². The van der Waals surface area contributed by atoms with E-state index < -0.39 is 6.04 Å². The summed E-state index contributed by atoms with van der Waals surface area (Å²) in [5.74, 6) is 0.0370. The van der Waals surface area contributed by atoms with Gasteiger partial charge in [0.05, 0.1) is 23.9 Å². The highest BCUT2D eigenvalue weighted by Crippen LogP contribution is 2.36. The summed E-state index contributed by atoms with van der Waals surface area (Å²) in [6, 6.07) is 9.17. The predicted molar refractivity (Wildman–Crippen MR) is 109 cm³/mol. The summed E-state index contributed by atoms with van der Waals surface area (Å²) in [6.45, 7) is 8.48. The fraction of sp³-hybridized carbons (Fsp3) is 0.455. The number of benzene rings is 1. The molecule has 0 saturated carbocycles. The van der Waals surface area contributed by atoms with Gasteiger partial charge in [-0.05, 0) is 31.5 Å². The van der Waals surface area contributed by atoms with Crippen LogP contribution in [0.5, 0.6) is 0 Å². The van der Waals surface area contributed by atoms with Crippen molar-refractivity contribution in [1.82, 2.24) is 20.0 Å². The van der Waals surface area contributed by atoms with E-state index in [4.69, 9.17) is 0 Å². The van der Waals surface area contributed by atoms with Crippen molar-refractivity contribution in [2.75, 3.05) is 39.3 Å². The highest BCUT2D eigenvalue weighted by atomic mass is 16.2. The zero-order valence-corrected chi connectivity index (χ0v) is 16.3. The Balaban J connectivity index is 1.57. The molecule has 6 nitrogen and oxygen atoms in total. The van der Waals surface area contributed by atoms with E-state index in [9.17, 15) is 9.59 Å². The van der Waals surface area contributed by atoms with Crippen molar-refractivity contribution in [2.45, 2.75) is 25.3 Å². The van der Waals surface area contributed by atoms with Crippen molar-refractivity contribution in [3.05, 3.63) is 59.8 Å². The highest BCUT2D eigenvalue weighted by molar-refractivity contribution is 6.01. The van der Waals surface area contributed by atoms with Crippen LogP contribution >= 0.6 is 0 Å². The van der Waals surface area contributed by atoms with Crippen molar-refractivity contribution in [2.24, 2.45) is 0 Å². The average Bonchev–Trinajstić information content (AvgIpc) is 3.06. The second-order valence-corrected chi connectivity index (χ2v) is 7.68. The molecule has 3 aliphatic rings. The third-order valence-corrected chi connectivity index (χ3v) is 5.88. The van der Waals surface area contributed by atoms with Gasteiger partial charge in [-0.1, -0.05) is 42.8 Å². The number of amides is 3. The van der Waals surface area contributed by atoms with Crippen LogP contribution in [0.25, 0.3) is 0 Å². The Hall–Kier alpha value is -2.60. The minimum Gasteiger partial charge on any atom is -0.332 e. The number of nitrogens with zero attached hydrogens (tertiary/aromatic N) is 3. The quantitative estimate of drug-likeness (QED) is 0.772. The van der Waals surface area contributed by atoms with E-state index in [1.54, 1.807) is 11.0 Å². The Morgan fingerprint density at radius 1 is 1.07 bits per heavy atom.